The van der Waals surface area contributed by atoms with E-state index >= 15 is 0 Å². The van der Waals surface area contributed by atoms with Gasteiger partial charge in [-0.3, -0.25) is 0 Å². The summed E-state index contributed by atoms with van der Waals surface area (Å²) < 4.78 is 10.5. The van der Waals surface area contributed by atoms with Crippen molar-refractivity contribution in [3.8, 4) is 0 Å². The molecule has 0 aromatic heterocycles. The Labute approximate surface area is 103 Å². The van der Waals surface area contributed by atoms with E-state index in [1.54, 1.807) is 0 Å². The van der Waals surface area contributed by atoms with Crippen molar-refractivity contribution in [1.29, 1.82) is 0 Å². The maximum Gasteiger partial charge on any atom is 0.244 e. The van der Waals surface area contributed by atoms with Gasteiger partial charge >= 0.3 is 0 Å². The van der Waals surface area contributed by atoms with Gasteiger partial charge in [0.25, 0.3) is 0 Å². The van der Waals surface area contributed by atoms with E-state index in [2.05, 4.69) is 12.2 Å². The van der Waals surface area contributed by atoms with Crippen LogP contribution in [0.4, 0.5) is 0 Å². The van der Waals surface area contributed by atoms with Crippen molar-refractivity contribution >= 4 is 54.2 Å². The van der Waals surface area contributed by atoms with Crippen molar-refractivity contribution in [3.05, 3.63) is 0 Å². The molecule has 0 heterocycles. The normalized spacial score (nSPS) is 10.9. The molecule has 0 atom stereocenters. The Hall–Kier alpha value is 1.74. The molecule has 0 amide bonds. The molecule has 0 spiro atoms. The third-order valence-electron chi connectivity index (χ3n) is 0.917. The molecular weight excluding hydrogens is 321 g/mol. The zero-order valence-electron chi connectivity index (χ0n) is 7.39. The van der Waals surface area contributed by atoms with Crippen LogP contribution >= 0.6 is 17.9 Å². The molecule has 0 saturated heterocycles. The van der Waals surface area contributed by atoms with E-state index < -0.39 is 5.69 Å². The molecule has 3 radical (unpaired) electrons. The second-order valence-electron chi connectivity index (χ2n) is 2.14. The van der Waals surface area contributed by atoms with E-state index in [1.165, 1.54) is 0 Å². The van der Waals surface area contributed by atoms with Crippen LogP contribution in [0.1, 0.15) is 26.7 Å². The van der Waals surface area contributed by atoms with Gasteiger partial charge in [-0.15, -0.1) is 0 Å². The number of thiol groups is 1. The van der Waals surface area contributed by atoms with E-state index in [-0.39, 0.29) is 24.4 Å². The molecule has 0 aromatic carbocycles. The first kappa shape index (κ1) is 16.2. The monoisotopic (exact) mass is 335 g/mol. The molecule has 12 heavy (non-hydrogen) atoms. The summed E-state index contributed by atoms with van der Waals surface area (Å²) in [5, 5.41) is 0. The second kappa shape index (κ2) is 9.30. The molecule has 0 saturated carbocycles. The zero-order valence-corrected chi connectivity index (χ0v) is 12.6. The molecule has 0 aliphatic rings. The van der Waals surface area contributed by atoms with Crippen LogP contribution in [0.3, 0.4) is 0 Å². The Morgan fingerprint density at radius 3 is 1.75 bits per heavy atom. The standard InChI is InChI=1S/C6H15O2PS2.Sb/c1-3-5-7-9(10,11)8-6-4-2;/h3-6H2,1-2H3,(H,10,11);. The van der Waals surface area contributed by atoms with E-state index in [1.807, 2.05) is 13.8 Å². The first-order valence-electron chi connectivity index (χ1n) is 3.74. The SMILES string of the molecule is CCCOP(=S)(S)OCCC.[Sb]. The molecule has 0 bridgehead atoms. The fraction of sp³-hybridized carbons (Fsp3) is 1.00. The van der Waals surface area contributed by atoms with Crippen LogP contribution in [0.5, 0.6) is 0 Å². The molecule has 0 aliphatic carbocycles. The Morgan fingerprint density at radius 2 is 1.50 bits per heavy atom. The summed E-state index contributed by atoms with van der Waals surface area (Å²) in [7, 11) is 0. The molecular formula is C6H15O2PS2Sb. The van der Waals surface area contributed by atoms with E-state index in [9.17, 15) is 0 Å². The Kier molecular flexibility index (Phi) is 12.5. The van der Waals surface area contributed by atoms with Crippen LogP contribution in [0.15, 0.2) is 0 Å². The van der Waals surface area contributed by atoms with E-state index in [0.717, 1.165) is 12.8 Å². The molecule has 0 fully saturated rings. The van der Waals surface area contributed by atoms with E-state index in [0.29, 0.717) is 13.2 Å². The topological polar surface area (TPSA) is 18.5 Å². The molecule has 0 aliphatic heterocycles. The second-order valence-corrected chi connectivity index (χ2v) is 7.42. The van der Waals surface area contributed by atoms with Gasteiger partial charge < -0.3 is 9.05 Å². The third-order valence-corrected chi connectivity index (χ3v) is 3.26. The number of rotatable bonds is 6. The molecule has 0 rings (SSSR count). The summed E-state index contributed by atoms with van der Waals surface area (Å²) in [4.78, 5) is 0. The molecule has 73 valence electrons. The molecule has 2 nitrogen and oxygen atoms in total. The quantitative estimate of drug-likeness (QED) is 0.457. The van der Waals surface area contributed by atoms with Gasteiger partial charge in [0, 0.05) is 24.4 Å². The third kappa shape index (κ3) is 9.82. The largest absolute Gasteiger partial charge is 0.322 e. The van der Waals surface area contributed by atoms with Gasteiger partial charge in [0.2, 0.25) is 5.69 Å². The molecule has 6 heteroatoms. The maximum absolute atomic E-state index is 5.25. The minimum atomic E-state index is -2.20. The van der Waals surface area contributed by atoms with Crippen LogP contribution in [0, 0.1) is 0 Å². The van der Waals surface area contributed by atoms with Gasteiger partial charge in [-0.1, -0.05) is 26.1 Å². The van der Waals surface area contributed by atoms with Gasteiger partial charge in [-0.2, -0.15) is 0 Å². The molecule has 0 aromatic rings. The van der Waals surface area contributed by atoms with Crippen molar-refractivity contribution in [2.45, 2.75) is 26.7 Å². The van der Waals surface area contributed by atoms with Crippen LogP contribution in [0.25, 0.3) is 0 Å². The summed E-state index contributed by atoms with van der Waals surface area (Å²) in [6.45, 7) is 5.35. The minimum absolute atomic E-state index is 0. The van der Waals surface area contributed by atoms with Gasteiger partial charge in [-0.25, -0.2) is 0 Å². The summed E-state index contributed by atoms with van der Waals surface area (Å²) in [5.41, 5.74) is -2.20. The average molecular weight is 336 g/mol. The molecule has 0 N–H and O–H groups in total. The van der Waals surface area contributed by atoms with Gasteiger partial charge in [-0.05, 0) is 24.6 Å². The summed E-state index contributed by atoms with van der Waals surface area (Å²) >= 11 is 9.14. The minimum Gasteiger partial charge on any atom is -0.322 e. The van der Waals surface area contributed by atoms with Crippen molar-refractivity contribution in [2.24, 2.45) is 0 Å². The maximum atomic E-state index is 5.25. The first-order chi connectivity index (χ1) is 5.12. The molecule has 0 unspecified atom stereocenters. The van der Waals surface area contributed by atoms with Crippen LogP contribution in [-0.2, 0) is 20.9 Å². The average Bonchev–Trinajstić information content (AvgIpc) is 1.97. The van der Waals surface area contributed by atoms with Crippen LogP contribution < -0.4 is 0 Å². The first-order valence-corrected chi connectivity index (χ1v) is 7.53. The zero-order chi connectivity index (χ0) is 8.74. The van der Waals surface area contributed by atoms with Crippen LogP contribution in [-0.4, -0.2) is 37.6 Å². The number of hydrogen-bond acceptors (Lipinski definition) is 3. The Morgan fingerprint density at radius 1 is 1.17 bits per heavy atom. The van der Waals surface area contributed by atoms with Crippen LogP contribution in [0.2, 0.25) is 0 Å². The predicted molar refractivity (Wildman–Crippen MR) is 61.5 cm³/mol. The fourth-order valence-corrected chi connectivity index (χ4v) is 2.29. The fourth-order valence-electron chi connectivity index (χ4n) is 0.451. The van der Waals surface area contributed by atoms with E-state index in [4.69, 9.17) is 20.9 Å². The van der Waals surface area contributed by atoms with Crippen molar-refractivity contribution in [2.75, 3.05) is 13.2 Å². The smallest absolute Gasteiger partial charge is 0.244 e. The predicted octanol–water partition coefficient (Wildman–Crippen LogP) is 2.61. The van der Waals surface area contributed by atoms with Gasteiger partial charge in [0.1, 0.15) is 0 Å². The van der Waals surface area contributed by atoms with Crippen molar-refractivity contribution < 1.29 is 9.05 Å². The van der Waals surface area contributed by atoms with Crippen molar-refractivity contribution in [3.63, 3.8) is 0 Å². The van der Waals surface area contributed by atoms with Gasteiger partial charge in [0.15, 0.2) is 0 Å². The Balaban J connectivity index is 0. The van der Waals surface area contributed by atoms with Crippen molar-refractivity contribution in [1.82, 2.24) is 0 Å². The number of hydrogen-bond donors (Lipinski definition) is 1. The summed E-state index contributed by atoms with van der Waals surface area (Å²) in [5.74, 6) is 0. The summed E-state index contributed by atoms with van der Waals surface area (Å²) in [6.07, 6.45) is 1.91. The van der Waals surface area contributed by atoms with Gasteiger partial charge in [0.05, 0.1) is 13.2 Å². The summed E-state index contributed by atoms with van der Waals surface area (Å²) in [6, 6.07) is 0. The Bertz CT molecular complexity index is 134.